The van der Waals surface area contributed by atoms with Crippen molar-refractivity contribution < 1.29 is 19.1 Å². The van der Waals surface area contributed by atoms with Crippen LogP contribution in [0.5, 0.6) is 0 Å². The van der Waals surface area contributed by atoms with E-state index in [1.807, 2.05) is 25.7 Å². The molecule has 0 aromatic carbocycles. The van der Waals surface area contributed by atoms with E-state index in [-0.39, 0.29) is 18.0 Å². The van der Waals surface area contributed by atoms with Crippen molar-refractivity contribution in [1.29, 1.82) is 0 Å². The molecule has 0 unspecified atom stereocenters. The molecule has 0 spiro atoms. The summed E-state index contributed by atoms with van der Waals surface area (Å²) in [6, 6.07) is -0.993. The second-order valence-electron chi connectivity index (χ2n) is 7.13. The molecule has 1 fully saturated rings. The Morgan fingerprint density at radius 3 is 2.46 bits per heavy atom. The zero-order valence-corrected chi connectivity index (χ0v) is 15.5. The van der Waals surface area contributed by atoms with E-state index in [0.717, 1.165) is 19.4 Å². The Morgan fingerprint density at radius 1 is 1.29 bits per heavy atom. The minimum atomic E-state index is -0.541. The number of carbonyl (C=O) groups is 3. The molecule has 0 bridgehead atoms. The normalized spacial score (nSPS) is 20.0. The number of imide groups is 1. The molecule has 0 aliphatic carbocycles. The van der Waals surface area contributed by atoms with Crippen LogP contribution in [0.25, 0.3) is 0 Å². The van der Waals surface area contributed by atoms with Crippen LogP contribution in [0.15, 0.2) is 0 Å². The molecule has 0 aromatic rings. The van der Waals surface area contributed by atoms with E-state index in [2.05, 4.69) is 10.6 Å². The van der Waals surface area contributed by atoms with Crippen LogP contribution < -0.4 is 10.6 Å². The van der Waals surface area contributed by atoms with Crippen LogP contribution in [0.4, 0.5) is 9.59 Å². The summed E-state index contributed by atoms with van der Waals surface area (Å²) in [5.74, 6) is -0.352. The number of hydrogen-bond donors (Lipinski definition) is 2. The Labute approximate surface area is 143 Å². The second kappa shape index (κ2) is 8.32. The molecule has 1 saturated heterocycles. The van der Waals surface area contributed by atoms with Gasteiger partial charge in [0.15, 0.2) is 0 Å². The molecular weight excluding hydrogens is 312 g/mol. The summed E-state index contributed by atoms with van der Waals surface area (Å²) < 4.78 is 5.40. The predicted octanol–water partition coefficient (Wildman–Crippen LogP) is 1.16. The van der Waals surface area contributed by atoms with Gasteiger partial charge < -0.3 is 15.0 Å². The van der Waals surface area contributed by atoms with Crippen molar-refractivity contribution in [2.75, 3.05) is 27.2 Å². The number of nitrogens with zero attached hydrogens (tertiary/aromatic N) is 2. The molecule has 1 aliphatic heterocycles. The lowest BCUT2D eigenvalue weighted by atomic mass is 10.0. The van der Waals surface area contributed by atoms with Gasteiger partial charge in [-0.3, -0.25) is 15.0 Å². The number of likely N-dealkylation sites (N-methyl/N-ethyl adjacent to an activating group) is 1. The molecule has 0 aromatic heterocycles. The Balaban J connectivity index is 2.64. The molecule has 0 saturated carbocycles. The van der Waals surface area contributed by atoms with Crippen molar-refractivity contribution in [2.45, 2.75) is 58.2 Å². The average Bonchev–Trinajstić information content (AvgIpc) is 2.51. The topological polar surface area (TPSA) is 91.0 Å². The quantitative estimate of drug-likeness (QED) is 0.803. The molecule has 8 heteroatoms. The predicted molar refractivity (Wildman–Crippen MR) is 90.7 cm³/mol. The summed E-state index contributed by atoms with van der Waals surface area (Å²) in [6.45, 7) is 8.57. The van der Waals surface area contributed by atoms with E-state index in [0.29, 0.717) is 6.54 Å². The maximum absolute atomic E-state index is 12.2. The van der Waals surface area contributed by atoms with E-state index >= 15 is 0 Å². The van der Waals surface area contributed by atoms with Crippen LogP contribution in [0.3, 0.4) is 0 Å². The lowest BCUT2D eigenvalue weighted by Gasteiger charge is -2.40. The van der Waals surface area contributed by atoms with Crippen molar-refractivity contribution in [2.24, 2.45) is 0 Å². The minimum Gasteiger partial charge on any atom is -0.444 e. The zero-order chi connectivity index (χ0) is 18.5. The summed E-state index contributed by atoms with van der Waals surface area (Å²) in [4.78, 5) is 39.1. The van der Waals surface area contributed by atoms with E-state index in [4.69, 9.17) is 4.74 Å². The fourth-order valence-corrected chi connectivity index (χ4v) is 2.58. The maximum Gasteiger partial charge on any atom is 0.410 e. The third kappa shape index (κ3) is 5.99. The Morgan fingerprint density at radius 2 is 1.92 bits per heavy atom. The fourth-order valence-electron chi connectivity index (χ4n) is 2.58. The molecule has 2 atom stereocenters. The lowest BCUT2D eigenvalue weighted by Crippen LogP contribution is -2.56. The summed E-state index contributed by atoms with van der Waals surface area (Å²) >= 11 is 0. The molecule has 2 N–H and O–H groups in total. The zero-order valence-electron chi connectivity index (χ0n) is 15.5. The van der Waals surface area contributed by atoms with Gasteiger partial charge in [-0.1, -0.05) is 0 Å². The Bertz CT molecular complexity index is 475. The number of piperidine rings is 1. The molecule has 1 rings (SSSR count). The first-order valence-electron chi connectivity index (χ1n) is 8.27. The molecule has 1 heterocycles. The Kier molecular flexibility index (Phi) is 7.01. The maximum atomic E-state index is 12.2. The van der Waals surface area contributed by atoms with Gasteiger partial charge in [-0.25, -0.2) is 9.59 Å². The van der Waals surface area contributed by atoms with Gasteiger partial charge in [0.05, 0.1) is 6.04 Å². The molecule has 8 nitrogen and oxygen atoms in total. The van der Waals surface area contributed by atoms with Crippen LogP contribution in [-0.2, 0) is 9.53 Å². The van der Waals surface area contributed by atoms with Crippen LogP contribution >= 0.6 is 0 Å². The minimum absolute atomic E-state index is 0.0242. The van der Waals surface area contributed by atoms with Gasteiger partial charge in [-0.2, -0.15) is 0 Å². The van der Waals surface area contributed by atoms with Crippen molar-refractivity contribution in [1.82, 2.24) is 20.4 Å². The monoisotopic (exact) mass is 342 g/mol. The number of likely N-dealkylation sites (tertiary alicyclic amines) is 1. The highest BCUT2D eigenvalue weighted by molar-refractivity contribution is 5.96. The second-order valence-corrected chi connectivity index (χ2v) is 7.13. The number of urea groups is 1. The lowest BCUT2D eigenvalue weighted by molar-refractivity contribution is -0.125. The van der Waals surface area contributed by atoms with E-state index < -0.39 is 17.7 Å². The van der Waals surface area contributed by atoms with E-state index in [1.54, 1.807) is 18.9 Å². The average molecular weight is 342 g/mol. The number of hydrogen-bond acceptors (Lipinski definition) is 5. The van der Waals surface area contributed by atoms with Crippen molar-refractivity contribution >= 4 is 18.0 Å². The first kappa shape index (κ1) is 20.2. The smallest absolute Gasteiger partial charge is 0.410 e. The van der Waals surface area contributed by atoms with Crippen LogP contribution in [0.2, 0.25) is 0 Å². The number of nitrogens with one attached hydrogen (secondary N) is 2. The van der Waals surface area contributed by atoms with Crippen molar-refractivity contribution in [3.8, 4) is 0 Å². The van der Waals surface area contributed by atoms with Crippen LogP contribution in [0.1, 0.15) is 40.5 Å². The largest absolute Gasteiger partial charge is 0.444 e. The molecule has 0 radical (unpaired) electrons. The highest BCUT2D eigenvalue weighted by atomic mass is 16.6. The molecular formula is C16H30N4O4. The SMILES string of the molecule is CNC(=O)NC(=O)[C@@H](C)N1CCC[C@@H](N(C)C(=O)OC(C)(C)C)C1. The highest BCUT2D eigenvalue weighted by Crippen LogP contribution is 2.19. The first-order valence-corrected chi connectivity index (χ1v) is 8.27. The van der Waals surface area contributed by atoms with Gasteiger partial charge in [-0.05, 0) is 47.1 Å². The third-order valence-corrected chi connectivity index (χ3v) is 4.05. The van der Waals surface area contributed by atoms with Crippen molar-refractivity contribution in [3.05, 3.63) is 0 Å². The van der Waals surface area contributed by atoms with Crippen molar-refractivity contribution in [3.63, 3.8) is 0 Å². The van der Waals surface area contributed by atoms with Gasteiger partial charge in [-0.15, -0.1) is 0 Å². The van der Waals surface area contributed by atoms with E-state index in [1.165, 1.54) is 7.05 Å². The molecule has 4 amide bonds. The summed E-state index contributed by atoms with van der Waals surface area (Å²) in [5, 5.41) is 4.65. The third-order valence-electron chi connectivity index (χ3n) is 4.05. The van der Waals surface area contributed by atoms with Gasteiger partial charge in [0.1, 0.15) is 5.60 Å². The summed E-state index contributed by atoms with van der Waals surface area (Å²) in [7, 11) is 3.18. The molecule has 138 valence electrons. The Hall–Kier alpha value is -1.83. The molecule has 24 heavy (non-hydrogen) atoms. The fraction of sp³-hybridized carbons (Fsp3) is 0.812. The van der Waals surface area contributed by atoms with E-state index in [9.17, 15) is 14.4 Å². The van der Waals surface area contributed by atoms with Gasteiger partial charge >= 0.3 is 12.1 Å². The number of rotatable bonds is 3. The standard InChI is InChI=1S/C16H30N4O4/c1-11(13(21)18-14(22)17-5)20-9-7-8-12(10-20)19(6)15(23)24-16(2,3)4/h11-12H,7-10H2,1-6H3,(H2,17,18,21,22)/t11-,12-/m1/s1. The summed E-state index contributed by atoms with van der Waals surface area (Å²) in [5.41, 5.74) is -0.541. The number of ether oxygens (including phenoxy) is 1. The van der Waals surface area contributed by atoms with Gasteiger partial charge in [0.2, 0.25) is 5.91 Å². The first-order chi connectivity index (χ1) is 11.0. The summed E-state index contributed by atoms with van der Waals surface area (Å²) in [6.07, 6.45) is 1.36. The number of carbonyl (C=O) groups excluding carboxylic acids is 3. The van der Waals surface area contributed by atoms with Gasteiger partial charge in [0, 0.05) is 26.7 Å². The molecule has 1 aliphatic rings. The van der Waals surface area contributed by atoms with Crippen LogP contribution in [0, 0.1) is 0 Å². The number of amides is 4. The van der Waals surface area contributed by atoms with Crippen LogP contribution in [-0.4, -0.2) is 72.7 Å². The van der Waals surface area contributed by atoms with Gasteiger partial charge in [0.25, 0.3) is 0 Å². The highest BCUT2D eigenvalue weighted by Gasteiger charge is 2.32.